The van der Waals surface area contributed by atoms with Crippen molar-refractivity contribution in [3.8, 4) is 0 Å². The summed E-state index contributed by atoms with van der Waals surface area (Å²) in [4.78, 5) is 72.7. The molecule has 0 rings (SSSR count). The normalized spacial score (nSPS) is 14.0. The Morgan fingerprint density at radius 1 is 0.284 bits per heavy atom. The van der Waals surface area contributed by atoms with Gasteiger partial charge in [-0.1, -0.05) is 343 Å². The maximum atomic E-state index is 13.1. The molecule has 0 saturated carbocycles. The SMILES string of the molecule is CCCCCCCCCCCCCC(=O)O[C@H](COC(=O)CCCCCCCCCCCC)COP(=O)(O)OC[C@H](O)COP(=O)(O)OC[C@@H](COC(=O)CCCCCCCCCCCCC(C)C)OC(=O)CCCCCCCCCCCCCCCCCCCCC(C)C. The second-order valence-corrected chi connectivity index (χ2v) is 31.3. The number of hydrogen-bond acceptors (Lipinski definition) is 15. The van der Waals surface area contributed by atoms with Crippen LogP contribution >= 0.6 is 15.6 Å². The van der Waals surface area contributed by atoms with Crippen LogP contribution in [-0.2, 0) is 65.4 Å². The topological polar surface area (TPSA) is 237 Å². The second-order valence-electron chi connectivity index (χ2n) is 28.3. The van der Waals surface area contributed by atoms with Gasteiger partial charge in [-0.25, -0.2) is 9.13 Å². The van der Waals surface area contributed by atoms with Gasteiger partial charge in [0, 0.05) is 25.7 Å². The first-order valence-corrected chi connectivity index (χ1v) is 42.5. The van der Waals surface area contributed by atoms with Crippen LogP contribution in [0.1, 0.15) is 395 Å². The van der Waals surface area contributed by atoms with Gasteiger partial charge in [0.25, 0.3) is 0 Å². The van der Waals surface area contributed by atoms with Crippen molar-refractivity contribution < 1.29 is 80.2 Å². The highest BCUT2D eigenvalue weighted by atomic mass is 31.2. The average molecular weight is 1400 g/mol. The summed E-state index contributed by atoms with van der Waals surface area (Å²) in [6.45, 7) is 9.61. The van der Waals surface area contributed by atoms with Crippen LogP contribution in [0.2, 0.25) is 0 Å². The summed E-state index contributed by atoms with van der Waals surface area (Å²) in [6.07, 6.45) is 55.5. The second kappa shape index (κ2) is 67.9. The highest BCUT2D eigenvalue weighted by molar-refractivity contribution is 7.47. The highest BCUT2D eigenvalue weighted by Crippen LogP contribution is 2.45. The zero-order valence-corrected chi connectivity index (χ0v) is 63.8. The molecule has 19 heteroatoms. The lowest BCUT2D eigenvalue weighted by Gasteiger charge is -2.21. The Labute approximate surface area is 581 Å². The van der Waals surface area contributed by atoms with Gasteiger partial charge in [-0.3, -0.25) is 37.3 Å². The van der Waals surface area contributed by atoms with Crippen LogP contribution in [0.5, 0.6) is 0 Å². The minimum absolute atomic E-state index is 0.107. The molecule has 0 amide bonds. The zero-order chi connectivity index (χ0) is 70.0. The standard InChI is InChI=1S/C76H148O17P2/c1-7-9-11-13-15-17-27-36-42-48-54-60-75(80)92-71(64-86-73(78)58-52-46-40-34-18-16-14-12-10-8-2)66-90-94(82,83)88-62-70(77)63-89-95(84,85)91-67-72(65-87-74(79)59-53-47-41-35-31-30-33-39-45-51-57-69(5)6)93-76(81)61-55-49-43-37-29-26-24-22-20-19-21-23-25-28-32-38-44-50-56-68(3)4/h68-72,77H,7-67H2,1-6H3,(H,82,83)(H,84,85)/t70-,71+,72+/m0/s1. The summed E-state index contributed by atoms with van der Waals surface area (Å²) < 4.78 is 68.5. The Bertz CT molecular complexity index is 1840. The van der Waals surface area contributed by atoms with Gasteiger partial charge < -0.3 is 33.8 Å². The molecule has 564 valence electrons. The summed E-state index contributed by atoms with van der Waals surface area (Å²) in [6, 6.07) is 0. The summed E-state index contributed by atoms with van der Waals surface area (Å²) >= 11 is 0. The number of carbonyl (C=O) groups is 4. The Morgan fingerprint density at radius 2 is 0.484 bits per heavy atom. The molecule has 0 aliphatic rings. The van der Waals surface area contributed by atoms with E-state index >= 15 is 0 Å². The van der Waals surface area contributed by atoms with E-state index in [1.165, 1.54) is 212 Å². The molecule has 95 heavy (non-hydrogen) atoms. The van der Waals surface area contributed by atoms with Crippen LogP contribution in [0.3, 0.4) is 0 Å². The van der Waals surface area contributed by atoms with Crippen molar-refractivity contribution in [1.29, 1.82) is 0 Å². The van der Waals surface area contributed by atoms with Crippen molar-refractivity contribution in [1.82, 2.24) is 0 Å². The minimum Gasteiger partial charge on any atom is -0.462 e. The fraction of sp³-hybridized carbons (Fsp3) is 0.947. The third-order valence-corrected chi connectivity index (χ3v) is 19.6. The summed E-state index contributed by atoms with van der Waals surface area (Å²) in [7, 11) is -9.91. The molecular weight excluding hydrogens is 1250 g/mol. The molecule has 0 spiro atoms. The molecule has 0 aromatic carbocycles. The smallest absolute Gasteiger partial charge is 0.462 e. The molecule has 0 heterocycles. The third-order valence-electron chi connectivity index (χ3n) is 17.7. The predicted molar refractivity (Wildman–Crippen MR) is 386 cm³/mol. The van der Waals surface area contributed by atoms with Crippen LogP contribution in [0, 0.1) is 11.8 Å². The van der Waals surface area contributed by atoms with Crippen molar-refractivity contribution in [2.45, 2.75) is 413 Å². The van der Waals surface area contributed by atoms with Gasteiger partial charge in [-0.15, -0.1) is 0 Å². The lowest BCUT2D eigenvalue weighted by molar-refractivity contribution is -0.161. The van der Waals surface area contributed by atoms with E-state index in [2.05, 4.69) is 41.5 Å². The van der Waals surface area contributed by atoms with Gasteiger partial charge in [0.15, 0.2) is 12.2 Å². The van der Waals surface area contributed by atoms with E-state index in [1.807, 2.05) is 0 Å². The molecule has 0 aliphatic heterocycles. The van der Waals surface area contributed by atoms with E-state index in [0.29, 0.717) is 25.7 Å². The van der Waals surface area contributed by atoms with Crippen molar-refractivity contribution in [3.63, 3.8) is 0 Å². The largest absolute Gasteiger partial charge is 0.472 e. The molecule has 0 saturated heterocycles. The molecule has 5 atom stereocenters. The maximum absolute atomic E-state index is 13.1. The van der Waals surface area contributed by atoms with E-state index in [0.717, 1.165) is 102 Å². The molecule has 0 fully saturated rings. The van der Waals surface area contributed by atoms with E-state index in [-0.39, 0.29) is 25.7 Å². The van der Waals surface area contributed by atoms with Crippen LogP contribution in [0.4, 0.5) is 0 Å². The van der Waals surface area contributed by atoms with Gasteiger partial charge in [0.05, 0.1) is 26.4 Å². The van der Waals surface area contributed by atoms with E-state index in [9.17, 15) is 43.2 Å². The Hall–Kier alpha value is -1.94. The number of carbonyl (C=O) groups excluding carboxylic acids is 4. The van der Waals surface area contributed by atoms with Gasteiger partial charge in [-0.2, -0.15) is 0 Å². The van der Waals surface area contributed by atoms with Gasteiger partial charge in [0.2, 0.25) is 0 Å². The Balaban J connectivity index is 5.19. The van der Waals surface area contributed by atoms with Gasteiger partial charge in [-0.05, 0) is 37.5 Å². The zero-order valence-electron chi connectivity index (χ0n) is 62.0. The van der Waals surface area contributed by atoms with Crippen LogP contribution < -0.4 is 0 Å². The Morgan fingerprint density at radius 3 is 0.716 bits per heavy atom. The van der Waals surface area contributed by atoms with Crippen LogP contribution in [0.25, 0.3) is 0 Å². The Kier molecular flexibility index (Phi) is 66.5. The van der Waals surface area contributed by atoms with Crippen LogP contribution in [0.15, 0.2) is 0 Å². The fourth-order valence-electron chi connectivity index (χ4n) is 11.7. The predicted octanol–water partition coefficient (Wildman–Crippen LogP) is 22.3. The number of phosphoric ester groups is 2. The molecule has 2 unspecified atom stereocenters. The monoisotopic (exact) mass is 1400 g/mol. The van der Waals surface area contributed by atoms with Crippen molar-refractivity contribution in [3.05, 3.63) is 0 Å². The van der Waals surface area contributed by atoms with Crippen molar-refractivity contribution >= 4 is 39.5 Å². The van der Waals surface area contributed by atoms with E-state index in [1.54, 1.807) is 0 Å². The molecule has 3 N–H and O–H groups in total. The minimum atomic E-state index is -4.96. The maximum Gasteiger partial charge on any atom is 0.472 e. The summed E-state index contributed by atoms with van der Waals surface area (Å²) in [5.74, 6) is -0.537. The van der Waals surface area contributed by atoms with Crippen molar-refractivity contribution in [2.24, 2.45) is 11.8 Å². The van der Waals surface area contributed by atoms with E-state index < -0.39 is 97.5 Å². The van der Waals surface area contributed by atoms with Gasteiger partial charge in [0.1, 0.15) is 19.3 Å². The quantitative estimate of drug-likeness (QED) is 0.0222. The molecule has 17 nitrogen and oxygen atoms in total. The third kappa shape index (κ3) is 70.3. The molecule has 0 bridgehead atoms. The number of phosphoric acid groups is 2. The first kappa shape index (κ1) is 93.1. The molecular formula is C76H148O17P2. The van der Waals surface area contributed by atoms with Crippen molar-refractivity contribution in [2.75, 3.05) is 39.6 Å². The van der Waals surface area contributed by atoms with Crippen LogP contribution in [-0.4, -0.2) is 96.7 Å². The molecule has 0 aromatic heterocycles. The molecule has 0 radical (unpaired) electrons. The molecule has 0 aliphatic carbocycles. The fourth-order valence-corrected chi connectivity index (χ4v) is 13.2. The lowest BCUT2D eigenvalue weighted by Crippen LogP contribution is -2.30. The number of rotatable bonds is 75. The lowest BCUT2D eigenvalue weighted by atomic mass is 10.0. The number of unbranched alkanes of at least 4 members (excludes halogenated alkanes) is 45. The summed E-state index contributed by atoms with van der Waals surface area (Å²) in [5.41, 5.74) is 0. The number of esters is 4. The first-order chi connectivity index (χ1) is 45.9. The number of ether oxygens (including phenoxy) is 4. The number of aliphatic hydroxyl groups is 1. The molecule has 0 aromatic rings. The number of hydrogen-bond donors (Lipinski definition) is 3. The summed E-state index contributed by atoms with van der Waals surface area (Å²) in [5, 5.41) is 10.6. The average Bonchev–Trinajstić information content (AvgIpc) is 2.12. The van der Waals surface area contributed by atoms with Gasteiger partial charge >= 0.3 is 39.5 Å². The number of aliphatic hydroxyl groups excluding tert-OH is 1. The first-order valence-electron chi connectivity index (χ1n) is 39.5. The highest BCUT2D eigenvalue weighted by Gasteiger charge is 2.30. The van der Waals surface area contributed by atoms with E-state index in [4.69, 9.17) is 37.0 Å².